The van der Waals surface area contributed by atoms with Crippen molar-refractivity contribution in [2.45, 2.75) is 20.3 Å². The standard InChI is InChI=1S/C14H18N2O2/c1-3-16-9-11(8-13(16)17)14(18)15-12-6-4-10(2)5-7-12/h4-7,11H,3,8-9H2,1-2H3,(H,15,18). The number of likely N-dealkylation sites (tertiary alicyclic amines) is 1. The van der Waals surface area contributed by atoms with Crippen molar-refractivity contribution in [3.63, 3.8) is 0 Å². The molecule has 4 heteroatoms. The highest BCUT2D eigenvalue weighted by molar-refractivity contribution is 5.97. The van der Waals surface area contributed by atoms with Gasteiger partial charge in [0.1, 0.15) is 0 Å². The van der Waals surface area contributed by atoms with E-state index < -0.39 is 0 Å². The van der Waals surface area contributed by atoms with Crippen molar-refractivity contribution in [3.05, 3.63) is 29.8 Å². The van der Waals surface area contributed by atoms with E-state index in [-0.39, 0.29) is 17.7 Å². The highest BCUT2D eigenvalue weighted by Gasteiger charge is 2.33. The zero-order valence-electron chi connectivity index (χ0n) is 10.8. The van der Waals surface area contributed by atoms with Gasteiger partial charge < -0.3 is 10.2 Å². The monoisotopic (exact) mass is 246 g/mol. The van der Waals surface area contributed by atoms with E-state index in [1.54, 1.807) is 4.90 Å². The number of hydrogen-bond donors (Lipinski definition) is 1. The van der Waals surface area contributed by atoms with Crippen LogP contribution in [-0.4, -0.2) is 29.8 Å². The van der Waals surface area contributed by atoms with Gasteiger partial charge in [0.15, 0.2) is 0 Å². The van der Waals surface area contributed by atoms with Crippen molar-refractivity contribution >= 4 is 17.5 Å². The molecule has 1 saturated heterocycles. The first-order valence-electron chi connectivity index (χ1n) is 6.25. The van der Waals surface area contributed by atoms with E-state index in [4.69, 9.17) is 0 Å². The van der Waals surface area contributed by atoms with E-state index in [2.05, 4.69) is 5.32 Å². The lowest BCUT2D eigenvalue weighted by molar-refractivity contribution is -0.128. The van der Waals surface area contributed by atoms with Crippen LogP contribution < -0.4 is 5.32 Å². The van der Waals surface area contributed by atoms with Crippen LogP contribution in [-0.2, 0) is 9.59 Å². The largest absolute Gasteiger partial charge is 0.342 e. The lowest BCUT2D eigenvalue weighted by atomic mass is 10.1. The summed E-state index contributed by atoms with van der Waals surface area (Å²) in [5.74, 6) is -0.219. The predicted molar refractivity (Wildman–Crippen MR) is 70.2 cm³/mol. The van der Waals surface area contributed by atoms with E-state index >= 15 is 0 Å². The van der Waals surface area contributed by atoms with Gasteiger partial charge in [-0.3, -0.25) is 9.59 Å². The summed E-state index contributed by atoms with van der Waals surface area (Å²) >= 11 is 0. The number of nitrogens with one attached hydrogen (secondary N) is 1. The smallest absolute Gasteiger partial charge is 0.229 e. The van der Waals surface area contributed by atoms with Gasteiger partial charge in [0.2, 0.25) is 11.8 Å². The fraction of sp³-hybridized carbons (Fsp3) is 0.429. The Balaban J connectivity index is 1.97. The zero-order chi connectivity index (χ0) is 13.1. The number of carbonyl (C=O) groups is 2. The molecule has 2 amide bonds. The number of rotatable bonds is 3. The van der Waals surface area contributed by atoms with Crippen LogP contribution in [0.2, 0.25) is 0 Å². The van der Waals surface area contributed by atoms with Crippen LogP contribution >= 0.6 is 0 Å². The molecule has 1 aromatic rings. The molecule has 0 bridgehead atoms. The van der Waals surface area contributed by atoms with Crippen LogP contribution in [0.25, 0.3) is 0 Å². The predicted octanol–water partition coefficient (Wildman–Crippen LogP) is 1.80. The summed E-state index contributed by atoms with van der Waals surface area (Å²) < 4.78 is 0. The summed E-state index contributed by atoms with van der Waals surface area (Å²) in [5.41, 5.74) is 1.94. The number of amides is 2. The van der Waals surface area contributed by atoms with Gasteiger partial charge in [-0.15, -0.1) is 0 Å². The molecule has 1 atom stereocenters. The molecule has 1 heterocycles. The summed E-state index contributed by atoms with van der Waals surface area (Å²) in [4.78, 5) is 25.3. The second kappa shape index (κ2) is 5.21. The summed E-state index contributed by atoms with van der Waals surface area (Å²) in [7, 11) is 0. The molecular weight excluding hydrogens is 228 g/mol. The Hall–Kier alpha value is -1.84. The van der Waals surface area contributed by atoms with Gasteiger partial charge in [0.25, 0.3) is 0 Å². The molecule has 1 unspecified atom stereocenters. The lowest BCUT2D eigenvalue weighted by Crippen LogP contribution is -2.28. The quantitative estimate of drug-likeness (QED) is 0.884. The van der Waals surface area contributed by atoms with Crippen molar-refractivity contribution < 1.29 is 9.59 Å². The molecule has 1 fully saturated rings. The Morgan fingerprint density at radius 2 is 2.06 bits per heavy atom. The molecule has 0 aromatic heterocycles. The first-order valence-corrected chi connectivity index (χ1v) is 6.25. The second-order valence-corrected chi connectivity index (χ2v) is 4.69. The van der Waals surface area contributed by atoms with Gasteiger partial charge in [0.05, 0.1) is 5.92 Å². The molecular formula is C14H18N2O2. The molecule has 1 aliphatic heterocycles. The Morgan fingerprint density at radius 3 is 2.61 bits per heavy atom. The molecule has 0 radical (unpaired) electrons. The fourth-order valence-electron chi connectivity index (χ4n) is 2.13. The summed E-state index contributed by atoms with van der Waals surface area (Å²) in [6.07, 6.45) is 0.325. The molecule has 2 rings (SSSR count). The molecule has 0 spiro atoms. The Bertz CT molecular complexity index is 453. The molecule has 4 nitrogen and oxygen atoms in total. The van der Waals surface area contributed by atoms with Crippen LogP contribution in [0, 0.1) is 12.8 Å². The van der Waals surface area contributed by atoms with Crippen LogP contribution in [0.15, 0.2) is 24.3 Å². The van der Waals surface area contributed by atoms with Gasteiger partial charge in [-0.1, -0.05) is 17.7 Å². The van der Waals surface area contributed by atoms with Gasteiger partial charge in [-0.2, -0.15) is 0 Å². The van der Waals surface area contributed by atoms with Gasteiger partial charge in [0, 0.05) is 25.2 Å². The zero-order valence-corrected chi connectivity index (χ0v) is 10.8. The van der Waals surface area contributed by atoms with Crippen LogP contribution in [0.1, 0.15) is 18.9 Å². The minimum Gasteiger partial charge on any atom is -0.342 e. The highest BCUT2D eigenvalue weighted by atomic mass is 16.2. The summed E-state index contributed by atoms with van der Waals surface area (Å²) in [6.45, 7) is 5.14. The first kappa shape index (κ1) is 12.6. The van der Waals surface area contributed by atoms with E-state index in [0.717, 1.165) is 11.3 Å². The van der Waals surface area contributed by atoms with Crippen molar-refractivity contribution in [1.29, 1.82) is 0 Å². The normalized spacial score (nSPS) is 19.1. The SMILES string of the molecule is CCN1CC(C(=O)Nc2ccc(C)cc2)CC1=O. The molecule has 96 valence electrons. The second-order valence-electron chi connectivity index (χ2n) is 4.69. The first-order chi connectivity index (χ1) is 8.60. The van der Waals surface area contributed by atoms with E-state index in [9.17, 15) is 9.59 Å². The minimum absolute atomic E-state index is 0.0665. The molecule has 0 aliphatic carbocycles. The number of anilines is 1. The van der Waals surface area contributed by atoms with E-state index in [0.29, 0.717) is 19.5 Å². The maximum atomic E-state index is 12.0. The average molecular weight is 246 g/mol. The fourth-order valence-corrected chi connectivity index (χ4v) is 2.13. The Morgan fingerprint density at radius 1 is 1.39 bits per heavy atom. The third kappa shape index (κ3) is 2.70. The molecule has 1 N–H and O–H groups in total. The maximum Gasteiger partial charge on any atom is 0.229 e. The summed E-state index contributed by atoms with van der Waals surface area (Å²) in [6, 6.07) is 7.66. The summed E-state index contributed by atoms with van der Waals surface area (Å²) in [5, 5.41) is 2.86. The molecule has 1 aromatic carbocycles. The maximum absolute atomic E-state index is 12.0. The van der Waals surface area contributed by atoms with Crippen molar-refractivity contribution in [2.75, 3.05) is 18.4 Å². The van der Waals surface area contributed by atoms with Crippen LogP contribution in [0.3, 0.4) is 0 Å². The Labute approximate surface area is 107 Å². The Kier molecular flexibility index (Phi) is 3.65. The third-order valence-corrected chi connectivity index (χ3v) is 3.29. The third-order valence-electron chi connectivity index (χ3n) is 3.29. The van der Waals surface area contributed by atoms with E-state index in [1.807, 2.05) is 38.1 Å². The number of carbonyl (C=O) groups excluding carboxylic acids is 2. The number of aryl methyl sites for hydroxylation is 1. The highest BCUT2D eigenvalue weighted by Crippen LogP contribution is 2.19. The van der Waals surface area contributed by atoms with Crippen LogP contribution in [0.5, 0.6) is 0 Å². The van der Waals surface area contributed by atoms with Gasteiger partial charge >= 0.3 is 0 Å². The molecule has 18 heavy (non-hydrogen) atoms. The van der Waals surface area contributed by atoms with Gasteiger partial charge in [-0.05, 0) is 26.0 Å². The van der Waals surface area contributed by atoms with Crippen LogP contribution in [0.4, 0.5) is 5.69 Å². The average Bonchev–Trinajstić information content (AvgIpc) is 2.73. The molecule has 1 aliphatic rings. The minimum atomic E-state index is -0.223. The van der Waals surface area contributed by atoms with Crippen molar-refractivity contribution in [1.82, 2.24) is 4.90 Å². The number of benzene rings is 1. The van der Waals surface area contributed by atoms with E-state index in [1.165, 1.54) is 0 Å². The number of hydrogen-bond acceptors (Lipinski definition) is 2. The topological polar surface area (TPSA) is 49.4 Å². The molecule has 0 saturated carbocycles. The van der Waals surface area contributed by atoms with Crippen molar-refractivity contribution in [2.24, 2.45) is 5.92 Å². The van der Waals surface area contributed by atoms with Gasteiger partial charge in [-0.25, -0.2) is 0 Å². The number of nitrogens with zero attached hydrogens (tertiary/aromatic N) is 1. The van der Waals surface area contributed by atoms with Crippen molar-refractivity contribution in [3.8, 4) is 0 Å². The lowest BCUT2D eigenvalue weighted by Gasteiger charge is -2.13.